The van der Waals surface area contributed by atoms with Crippen LogP contribution in [0.25, 0.3) is 0 Å². The van der Waals surface area contributed by atoms with Crippen molar-refractivity contribution in [1.82, 2.24) is 4.90 Å². The van der Waals surface area contributed by atoms with Gasteiger partial charge >= 0.3 is 0 Å². The molecular formula is C21H17FN2O3S. The molecule has 1 N–H and O–H groups in total. The summed E-state index contributed by atoms with van der Waals surface area (Å²) in [5.74, 6) is -0.375. The smallest absolute Gasteiger partial charge is 0.231 e. The SMILES string of the molecule is COc1ccccc1[C@H]1CC(=O)N2C(=C1C#N)SC[C@@]2(O)c1ccc(F)cc1. The van der Waals surface area contributed by atoms with E-state index in [0.717, 1.165) is 5.56 Å². The summed E-state index contributed by atoms with van der Waals surface area (Å²) in [6.07, 6.45) is 0.0385. The van der Waals surface area contributed by atoms with Crippen LogP contribution >= 0.6 is 11.8 Å². The van der Waals surface area contributed by atoms with Gasteiger partial charge in [-0.05, 0) is 18.2 Å². The second-order valence-electron chi connectivity index (χ2n) is 6.67. The summed E-state index contributed by atoms with van der Waals surface area (Å²) in [6.45, 7) is 0. The molecule has 1 saturated heterocycles. The normalized spacial score (nSPS) is 24.1. The van der Waals surface area contributed by atoms with Crippen LogP contribution in [0.15, 0.2) is 59.1 Å². The Labute approximate surface area is 166 Å². The summed E-state index contributed by atoms with van der Waals surface area (Å²) in [5, 5.41) is 21.6. The van der Waals surface area contributed by atoms with Gasteiger partial charge in [-0.1, -0.05) is 30.3 Å². The van der Waals surface area contributed by atoms with Gasteiger partial charge in [-0.15, -0.1) is 11.8 Å². The van der Waals surface area contributed by atoms with E-state index in [1.54, 1.807) is 13.2 Å². The molecule has 0 radical (unpaired) electrons. The number of nitrogens with zero attached hydrogens (tertiary/aromatic N) is 2. The molecule has 2 heterocycles. The van der Waals surface area contributed by atoms with E-state index in [0.29, 0.717) is 21.9 Å². The lowest BCUT2D eigenvalue weighted by Crippen LogP contribution is -2.48. The monoisotopic (exact) mass is 396 g/mol. The lowest BCUT2D eigenvalue weighted by Gasteiger charge is -2.38. The zero-order valence-electron chi connectivity index (χ0n) is 15.1. The lowest BCUT2D eigenvalue weighted by molar-refractivity contribution is -0.149. The van der Waals surface area contributed by atoms with E-state index < -0.39 is 17.5 Å². The largest absolute Gasteiger partial charge is 0.496 e. The van der Waals surface area contributed by atoms with Gasteiger partial charge < -0.3 is 9.84 Å². The molecule has 5 nitrogen and oxygen atoms in total. The van der Waals surface area contributed by atoms with Crippen molar-refractivity contribution in [3.05, 3.63) is 76.1 Å². The number of amides is 1. The molecule has 2 aliphatic heterocycles. The molecule has 7 heteroatoms. The molecule has 1 amide bonds. The third kappa shape index (κ3) is 2.77. The fourth-order valence-corrected chi connectivity index (χ4v) is 5.13. The number of methoxy groups -OCH3 is 1. The third-order valence-corrected chi connectivity index (χ3v) is 6.35. The molecular weight excluding hydrogens is 379 g/mol. The molecule has 0 unspecified atom stereocenters. The van der Waals surface area contributed by atoms with Crippen molar-refractivity contribution in [2.24, 2.45) is 0 Å². The Balaban J connectivity index is 1.82. The van der Waals surface area contributed by atoms with Crippen LogP contribution in [0.3, 0.4) is 0 Å². The van der Waals surface area contributed by atoms with Crippen molar-refractivity contribution in [2.75, 3.05) is 12.9 Å². The standard InChI is InChI=1S/C21H17FN2O3S/c1-27-18-5-3-2-4-15(18)16-10-19(25)24-20(17(16)11-23)28-12-21(24,26)13-6-8-14(22)9-7-13/h2-9,16,26H,10,12H2,1H3/t16-,21-/m1/s1. The number of hydrogen-bond acceptors (Lipinski definition) is 5. The maximum absolute atomic E-state index is 13.3. The van der Waals surface area contributed by atoms with Gasteiger partial charge in [0.15, 0.2) is 5.72 Å². The summed E-state index contributed by atoms with van der Waals surface area (Å²) >= 11 is 1.26. The van der Waals surface area contributed by atoms with Gasteiger partial charge in [0, 0.05) is 23.5 Å². The molecule has 2 aromatic rings. The van der Waals surface area contributed by atoms with Crippen molar-refractivity contribution in [3.8, 4) is 11.8 Å². The number of allylic oxidation sites excluding steroid dienone is 1. The first-order chi connectivity index (χ1) is 13.5. The summed E-state index contributed by atoms with van der Waals surface area (Å²) in [4.78, 5) is 14.4. The second-order valence-corrected chi connectivity index (χ2v) is 7.63. The summed E-state index contributed by atoms with van der Waals surface area (Å²) in [7, 11) is 1.55. The maximum atomic E-state index is 13.3. The fraction of sp³-hybridized carbons (Fsp3) is 0.238. The van der Waals surface area contributed by atoms with Crippen LogP contribution in [0.4, 0.5) is 4.39 Å². The number of halogens is 1. The molecule has 1 fully saturated rings. The molecule has 0 bridgehead atoms. The molecule has 0 spiro atoms. The van der Waals surface area contributed by atoms with Crippen molar-refractivity contribution in [3.63, 3.8) is 0 Å². The van der Waals surface area contributed by atoms with Crippen LogP contribution < -0.4 is 4.74 Å². The Morgan fingerprint density at radius 2 is 2.00 bits per heavy atom. The Bertz CT molecular complexity index is 1020. The number of carbonyl (C=O) groups excluding carboxylic acids is 1. The van der Waals surface area contributed by atoms with E-state index in [9.17, 15) is 19.6 Å². The zero-order valence-corrected chi connectivity index (χ0v) is 15.9. The average Bonchev–Trinajstić information content (AvgIpc) is 3.07. The first-order valence-electron chi connectivity index (χ1n) is 8.71. The molecule has 0 saturated carbocycles. The van der Waals surface area contributed by atoms with E-state index in [-0.39, 0.29) is 18.1 Å². The van der Waals surface area contributed by atoms with Gasteiger partial charge in [-0.3, -0.25) is 9.69 Å². The molecule has 0 aromatic heterocycles. The summed E-state index contributed by atoms with van der Waals surface area (Å²) in [6, 6.07) is 15.0. The predicted octanol–water partition coefficient (Wildman–Crippen LogP) is 3.48. The van der Waals surface area contributed by atoms with Crippen molar-refractivity contribution in [1.29, 1.82) is 5.26 Å². The van der Waals surface area contributed by atoms with Gasteiger partial charge in [-0.2, -0.15) is 5.26 Å². The highest BCUT2D eigenvalue weighted by atomic mass is 32.2. The molecule has 4 rings (SSSR count). The topological polar surface area (TPSA) is 73.6 Å². The molecule has 28 heavy (non-hydrogen) atoms. The van der Waals surface area contributed by atoms with Crippen molar-refractivity contribution in [2.45, 2.75) is 18.1 Å². The zero-order chi connectivity index (χ0) is 19.9. The number of para-hydroxylation sites is 1. The van der Waals surface area contributed by atoms with Gasteiger partial charge in [-0.25, -0.2) is 4.39 Å². The minimum absolute atomic E-state index is 0.0385. The first kappa shape index (κ1) is 18.5. The highest BCUT2D eigenvalue weighted by Gasteiger charge is 2.52. The quantitative estimate of drug-likeness (QED) is 0.860. The van der Waals surface area contributed by atoms with E-state index in [1.807, 2.05) is 18.2 Å². The predicted molar refractivity (Wildman–Crippen MR) is 103 cm³/mol. The number of carbonyl (C=O) groups is 1. The number of rotatable bonds is 3. The minimum Gasteiger partial charge on any atom is -0.496 e. The number of thioether (sulfide) groups is 1. The van der Waals surface area contributed by atoms with Crippen molar-refractivity contribution >= 4 is 17.7 Å². The second kappa shape index (κ2) is 6.97. The molecule has 0 aliphatic carbocycles. The minimum atomic E-state index is -1.61. The molecule has 2 aliphatic rings. The number of ether oxygens (including phenoxy) is 1. The van der Waals surface area contributed by atoms with E-state index in [1.165, 1.54) is 40.9 Å². The average molecular weight is 396 g/mol. The van der Waals surface area contributed by atoms with Gasteiger partial charge in [0.1, 0.15) is 11.6 Å². The highest BCUT2D eigenvalue weighted by Crippen LogP contribution is 2.52. The van der Waals surface area contributed by atoms with Crippen LogP contribution in [0, 0.1) is 17.1 Å². The van der Waals surface area contributed by atoms with Gasteiger partial charge in [0.05, 0.1) is 29.5 Å². The first-order valence-corrected chi connectivity index (χ1v) is 9.69. The Kier molecular flexibility index (Phi) is 4.61. The number of benzene rings is 2. The number of aliphatic hydroxyl groups is 1. The van der Waals surface area contributed by atoms with Gasteiger partial charge in [0.25, 0.3) is 0 Å². The molecule has 142 valence electrons. The van der Waals surface area contributed by atoms with E-state index >= 15 is 0 Å². The highest BCUT2D eigenvalue weighted by molar-refractivity contribution is 8.03. The molecule has 2 atom stereocenters. The van der Waals surface area contributed by atoms with E-state index in [2.05, 4.69) is 6.07 Å². The fourth-order valence-electron chi connectivity index (χ4n) is 3.78. The van der Waals surface area contributed by atoms with Crippen LogP contribution in [-0.4, -0.2) is 28.8 Å². The molecule has 2 aromatic carbocycles. The Morgan fingerprint density at radius 3 is 2.68 bits per heavy atom. The van der Waals surface area contributed by atoms with Crippen LogP contribution in [0.5, 0.6) is 5.75 Å². The maximum Gasteiger partial charge on any atom is 0.231 e. The van der Waals surface area contributed by atoms with Crippen molar-refractivity contribution < 1.29 is 19.0 Å². The Hall–Kier alpha value is -2.82. The lowest BCUT2D eigenvalue weighted by atomic mass is 9.85. The van der Waals surface area contributed by atoms with Crippen LogP contribution in [-0.2, 0) is 10.5 Å². The number of fused-ring (bicyclic) bond motifs is 1. The summed E-state index contributed by atoms with van der Waals surface area (Å²) < 4.78 is 18.7. The third-order valence-electron chi connectivity index (χ3n) is 5.13. The number of nitriles is 1. The van der Waals surface area contributed by atoms with E-state index in [4.69, 9.17) is 4.74 Å². The van der Waals surface area contributed by atoms with Crippen LogP contribution in [0.2, 0.25) is 0 Å². The van der Waals surface area contributed by atoms with Gasteiger partial charge in [0.2, 0.25) is 5.91 Å². The Morgan fingerprint density at radius 1 is 1.29 bits per heavy atom. The number of hydrogen-bond donors (Lipinski definition) is 1. The van der Waals surface area contributed by atoms with Crippen LogP contribution in [0.1, 0.15) is 23.5 Å². The summed E-state index contributed by atoms with van der Waals surface area (Å²) in [5.41, 5.74) is -0.0108.